The van der Waals surface area contributed by atoms with Crippen LogP contribution in [0.4, 0.5) is 0 Å². The zero-order chi connectivity index (χ0) is 65.3. The number of rotatable bonds is 73. The molecular weight excluding hydrogens is 1120 g/mol. The van der Waals surface area contributed by atoms with Gasteiger partial charge in [0, 0.05) is 0 Å². The van der Waals surface area contributed by atoms with E-state index in [2.05, 4.69) is 19.2 Å². The largest absolute Gasteiger partial charge is 0.394 e. The van der Waals surface area contributed by atoms with Gasteiger partial charge in [-0.3, -0.25) is 4.79 Å². The maximum Gasteiger partial charge on any atom is 0.249 e. The van der Waals surface area contributed by atoms with E-state index in [1.54, 1.807) is 0 Å². The van der Waals surface area contributed by atoms with Gasteiger partial charge in [-0.15, -0.1) is 0 Å². The molecule has 0 aromatic carbocycles. The average molecular weight is 1280 g/mol. The van der Waals surface area contributed by atoms with E-state index in [1.165, 1.54) is 353 Å². The Balaban J connectivity index is 2.09. The Morgan fingerprint density at radius 3 is 0.822 bits per heavy atom. The van der Waals surface area contributed by atoms with Gasteiger partial charge < -0.3 is 50.5 Å². The van der Waals surface area contributed by atoms with Gasteiger partial charge in [-0.05, 0) is 12.8 Å². The van der Waals surface area contributed by atoms with Crippen LogP contribution >= 0.6 is 0 Å². The Morgan fingerprint density at radius 1 is 0.344 bits per heavy atom. The van der Waals surface area contributed by atoms with E-state index >= 15 is 0 Å². The zero-order valence-corrected chi connectivity index (χ0v) is 59.9. The molecule has 9 unspecified atom stereocenters. The molecule has 1 aliphatic heterocycles. The summed E-state index contributed by atoms with van der Waals surface area (Å²) in [6.07, 6.45) is 73.7. The van der Waals surface area contributed by atoms with Crippen LogP contribution in [0.5, 0.6) is 0 Å². The second-order valence-corrected chi connectivity index (χ2v) is 28.9. The second kappa shape index (κ2) is 68.1. The smallest absolute Gasteiger partial charge is 0.249 e. The molecule has 0 spiro atoms. The highest BCUT2D eigenvalue weighted by Crippen LogP contribution is 2.25. The third kappa shape index (κ3) is 54.3. The van der Waals surface area contributed by atoms with Crippen molar-refractivity contribution in [2.75, 3.05) is 13.2 Å². The van der Waals surface area contributed by atoms with E-state index in [1.807, 2.05) is 0 Å². The van der Waals surface area contributed by atoms with E-state index in [4.69, 9.17) is 9.47 Å². The molecule has 1 amide bonds. The number of aliphatic hydroxyl groups is 7. The van der Waals surface area contributed by atoms with Gasteiger partial charge >= 0.3 is 0 Å². The molecule has 0 saturated carbocycles. The molecule has 0 aromatic heterocycles. The lowest BCUT2D eigenvalue weighted by atomic mass is 9.98. The lowest BCUT2D eigenvalue weighted by molar-refractivity contribution is -0.303. The molecule has 1 fully saturated rings. The predicted octanol–water partition coefficient (Wildman–Crippen LogP) is 20.8. The number of amides is 1. The van der Waals surface area contributed by atoms with Crippen molar-refractivity contribution < 1.29 is 50.0 Å². The molecular formula is C79H157NO10. The van der Waals surface area contributed by atoms with Crippen molar-refractivity contribution >= 4 is 5.91 Å². The van der Waals surface area contributed by atoms with Crippen LogP contribution < -0.4 is 5.32 Å². The fourth-order valence-electron chi connectivity index (χ4n) is 13.7. The van der Waals surface area contributed by atoms with E-state index < -0.39 is 74.2 Å². The first-order chi connectivity index (χ1) is 44.2. The third-order valence-corrected chi connectivity index (χ3v) is 20.2. The highest BCUT2D eigenvalue weighted by atomic mass is 16.7. The molecule has 0 aromatic rings. The van der Waals surface area contributed by atoms with Gasteiger partial charge in [0.25, 0.3) is 0 Å². The Kier molecular flexibility index (Phi) is 65.9. The fraction of sp³-hybridized carbons (Fsp3) is 0.987. The molecule has 1 saturated heterocycles. The van der Waals surface area contributed by atoms with Crippen LogP contribution in [0.15, 0.2) is 0 Å². The Morgan fingerprint density at radius 2 is 0.578 bits per heavy atom. The summed E-state index contributed by atoms with van der Waals surface area (Å²) in [6, 6.07) is -1.17. The number of carbonyl (C=O) groups excluding carboxylic acids is 1. The normalized spacial score (nSPS) is 18.3. The maximum absolute atomic E-state index is 13.3. The molecule has 1 rings (SSSR count). The lowest BCUT2D eigenvalue weighted by Crippen LogP contribution is -2.60. The first kappa shape index (κ1) is 87.1. The Hall–Kier alpha value is -0.890. The average Bonchev–Trinajstić information content (AvgIpc) is 1.69. The molecule has 11 nitrogen and oxygen atoms in total. The standard InChI is InChI=1S/C79H157NO10/c1-3-5-7-9-11-13-15-17-19-21-23-25-27-29-30-31-32-33-34-35-36-37-38-39-40-41-43-45-47-49-51-53-55-57-59-61-63-65-67-72(83)78(88)80-70(69-89-79-77(87)76(86)75(85)73(68-81)90-79)74(84)71(82)66-64-62-60-58-56-54-52-50-48-46-44-42-28-26-24-22-20-18-16-14-12-10-8-6-4-2/h70-77,79,81-87H,3-69H2,1-2H3,(H,80,88). The van der Waals surface area contributed by atoms with Crippen LogP contribution in [0, 0.1) is 0 Å². The monoisotopic (exact) mass is 1280 g/mol. The summed E-state index contributed by atoms with van der Waals surface area (Å²) in [5, 5.41) is 76.7. The molecule has 0 aliphatic carbocycles. The summed E-state index contributed by atoms with van der Waals surface area (Å²) in [4.78, 5) is 13.3. The minimum atomic E-state index is -1.66. The van der Waals surface area contributed by atoms with Crippen LogP contribution in [-0.2, 0) is 14.3 Å². The molecule has 0 bridgehead atoms. The van der Waals surface area contributed by atoms with E-state index in [0.29, 0.717) is 19.3 Å². The first-order valence-electron chi connectivity index (χ1n) is 40.4. The summed E-state index contributed by atoms with van der Waals surface area (Å²) >= 11 is 0. The zero-order valence-electron chi connectivity index (χ0n) is 59.9. The molecule has 1 heterocycles. The number of unbranched alkanes of at least 4 members (excludes halogenated alkanes) is 61. The van der Waals surface area contributed by atoms with Gasteiger partial charge in [-0.25, -0.2) is 0 Å². The Bertz CT molecular complexity index is 1420. The number of carbonyl (C=O) groups is 1. The van der Waals surface area contributed by atoms with Crippen molar-refractivity contribution in [1.29, 1.82) is 0 Å². The van der Waals surface area contributed by atoms with E-state index in [-0.39, 0.29) is 6.42 Å². The van der Waals surface area contributed by atoms with E-state index in [9.17, 15) is 40.5 Å². The molecule has 90 heavy (non-hydrogen) atoms. The van der Waals surface area contributed by atoms with Crippen LogP contribution in [0.2, 0.25) is 0 Å². The summed E-state index contributed by atoms with van der Waals surface area (Å²) in [6.45, 7) is 3.54. The van der Waals surface area contributed by atoms with Crippen LogP contribution in [0.1, 0.15) is 431 Å². The van der Waals surface area contributed by atoms with Crippen LogP contribution in [-0.4, -0.2) is 110 Å². The minimum Gasteiger partial charge on any atom is -0.394 e. The number of ether oxygens (including phenoxy) is 2. The maximum atomic E-state index is 13.3. The highest BCUT2D eigenvalue weighted by Gasteiger charge is 2.44. The number of hydrogen-bond acceptors (Lipinski definition) is 10. The first-order valence-corrected chi connectivity index (χ1v) is 40.4. The van der Waals surface area contributed by atoms with Gasteiger partial charge in [-0.2, -0.15) is 0 Å². The van der Waals surface area contributed by atoms with Gasteiger partial charge in [0.05, 0.1) is 25.4 Å². The van der Waals surface area contributed by atoms with E-state index in [0.717, 1.165) is 38.5 Å². The fourth-order valence-corrected chi connectivity index (χ4v) is 13.7. The summed E-state index contributed by atoms with van der Waals surface area (Å²) in [7, 11) is 0. The number of hydrogen-bond donors (Lipinski definition) is 8. The summed E-state index contributed by atoms with van der Waals surface area (Å²) in [5.74, 6) is -0.685. The van der Waals surface area contributed by atoms with Gasteiger partial charge in [-0.1, -0.05) is 418 Å². The van der Waals surface area contributed by atoms with Crippen molar-refractivity contribution in [1.82, 2.24) is 5.32 Å². The molecule has 9 atom stereocenters. The van der Waals surface area contributed by atoms with Crippen molar-refractivity contribution in [2.24, 2.45) is 0 Å². The molecule has 11 heteroatoms. The highest BCUT2D eigenvalue weighted by molar-refractivity contribution is 5.80. The predicted molar refractivity (Wildman–Crippen MR) is 381 cm³/mol. The SMILES string of the molecule is CCCCCCCCCCCCCCCCCCCCCCCCCCCCCCCCCCCCCCCCC(O)C(=O)NC(COC1OC(CO)C(O)C(O)C1O)C(O)C(O)CCCCCCCCCCCCCCCCCCCCCCCCCCC. The lowest BCUT2D eigenvalue weighted by Gasteiger charge is -2.40. The van der Waals surface area contributed by atoms with Crippen molar-refractivity contribution in [2.45, 2.75) is 486 Å². The molecule has 1 aliphatic rings. The minimum absolute atomic E-state index is 0.268. The quantitative estimate of drug-likeness (QED) is 0.0272. The van der Waals surface area contributed by atoms with Gasteiger partial charge in [0.1, 0.15) is 36.6 Å². The molecule has 8 N–H and O–H groups in total. The van der Waals surface area contributed by atoms with Crippen LogP contribution in [0.3, 0.4) is 0 Å². The number of nitrogens with one attached hydrogen (secondary N) is 1. The summed E-state index contributed by atoms with van der Waals surface area (Å²) in [5.41, 5.74) is 0. The summed E-state index contributed by atoms with van der Waals surface area (Å²) < 4.78 is 11.2. The second-order valence-electron chi connectivity index (χ2n) is 28.9. The topological polar surface area (TPSA) is 189 Å². The Labute approximate surface area is 558 Å². The van der Waals surface area contributed by atoms with Gasteiger partial charge in [0.15, 0.2) is 6.29 Å². The van der Waals surface area contributed by atoms with Crippen LogP contribution in [0.25, 0.3) is 0 Å². The van der Waals surface area contributed by atoms with Crippen molar-refractivity contribution in [3.05, 3.63) is 0 Å². The molecule has 0 radical (unpaired) electrons. The number of aliphatic hydroxyl groups excluding tert-OH is 7. The molecule has 538 valence electrons. The third-order valence-electron chi connectivity index (χ3n) is 20.2. The van der Waals surface area contributed by atoms with Crippen molar-refractivity contribution in [3.8, 4) is 0 Å². The van der Waals surface area contributed by atoms with Gasteiger partial charge in [0.2, 0.25) is 5.91 Å². The van der Waals surface area contributed by atoms with Crippen molar-refractivity contribution in [3.63, 3.8) is 0 Å².